The fraction of sp³-hybridized carbons (Fsp3) is 0.571. The number of halogens is 3. The van der Waals surface area contributed by atoms with Crippen LogP contribution in [-0.4, -0.2) is 13.9 Å². The molecule has 118 valence electrons. The molecule has 1 aliphatic rings. The molecule has 21 heavy (non-hydrogen) atoms. The van der Waals surface area contributed by atoms with Crippen LogP contribution in [0.2, 0.25) is 0 Å². The summed E-state index contributed by atoms with van der Waals surface area (Å²) < 4.78 is 62.6. The minimum absolute atomic E-state index is 0.000315. The fourth-order valence-electron chi connectivity index (χ4n) is 2.71. The highest BCUT2D eigenvalue weighted by Gasteiger charge is 2.48. The molecule has 1 aromatic carbocycles. The maximum Gasteiger partial charge on any atom is 0.534 e. The SMILES string of the molecule is CC1(c2ccc(OS(=O)(=O)C(F)(F)F)cc2)CCCCC1. The molecule has 0 bridgehead atoms. The Hall–Kier alpha value is -1.24. The van der Waals surface area contributed by atoms with Gasteiger partial charge in [0.1, 0.15) is 5.75 Å². The predicted molar refractivity (Wildman–Crippen MR) is 72.5 cm³/mol. The van der Waals surface area contributed by atoms with Crippen molar-refractivity contribution >= 4 is 10.1 Å². The molecular formula is C14H17F3O3S. The zero-order valence-corrected chi connectivity index (χ0v) is 12.4. The topological polar surface area (TPSA) is 43.4 Å². The van der Waals surface area contributed by atoms with Crippen LogP contribution >= 0.6 is 0 Å². The van der Waals surface area contributed by atoms with Crippen LogP contribution in [0.5, 0.6) is 5.75 Å². The summed E-state index contributed by atoms with van der Waals surface area (Å²) in [6, 6.07) is 5.84. The van der Waals surface area contributed by atoms with E-state index in [2.05, 4.69) is 11.1 Å². The number of benzene rings is 1. The predicted octanol–water partition coefficient (Wildman–Crippen LogP) is 4.14. The van der Waals surface area contributed by atoms with Crippen LogP contribution in [0.15, 0.2) is 24.3 Å². The molecule has 7 heteroatoms. The lowest BCUT2D eigenvalue weighted by Crippen LogP contribution is -2.28. The van der Waals surface area contributed by atoms with Crippen LogP contribution in [0.4, 0.5) is 13.2 Å². The molecule has 1 saturated carbocycles. The second kappa shape index (κ2) is 5.51. The van der Waals surface area contributed by atoms with Gasteiger partial charge in [-0.15, -0.1) is 0 Å². The maximum atomic E-state index is 12.2. The molecule has 0 N–H and O–H groups in total. The van der Waals surface area contributed by atoms with Crippen molar-refractivity contribution in [3.8, 4) is 5.75 Å². The van der Waals surface area contributed by atoms with Gasteiger partial charge in [-0.25, -0.2) is 0 Å². The summed E-state index contributed by atoms with van der Waals surface area (Å²) in [5.74, 6) is -0.324. The first kappa shape index (κ1) is 16.1. The Morgan fingerprint density at radius 1 is 1.05 bits per heavy atom. The largest absolute Gasteiger partial charge is 0.534 e. The summed E-state index contributed by atoms with van der Waals surface area (Å²) in [6.07, 6.45) is 5.48. The van der Waals surface area contributed by atoms with E-state index in [4.69, 9.17) is 0 Å². The third-order valence-electron chi connectivity index (χ3n) is 4.00. The summed E-state index contributed by atoms with van der Waals surface area (Å²) in [5, 5.41) is 0. The molecule has 0 unspecified atom stereocenters. The molecule has 0 radical (unpaired) electrons. The molecule has 0 atom stereocenters. The molecule has 1 aromatic rings. The van der Waals surface area contributed by atoms with Crippen LogP contribution in [0.1, 0.15) is 44.6 Å². The molecule has 0 heterocycles. The Morgan fingerprint density at radius 2 is 1.57 bits per heavy atom. The third-order valence-corrected chi connectivity index (χ3v) is 4.98. The Kier molecular flexibility index (Phi) is 4.24. The Bertz CT molecular complexity index is 585. The van der Waals surface area contributed by atoms with Gasteiger partial charge in [-0.3, -0.25) is 0 Å². The van der Waals surface area contributed by atoms with E-state index in [1.807, 2.05) is 0 Å². The molecule has 1 aliphatic carbocycles. The zero-order chi connectivity index (χ0) is 15.7. The standard InChI is InChI=1S/C14H17F3O3S/c1-13(9-3-2-4-10-13)11-5-7-12(8-6-11)20-21(18,19)14(15,16)17/h5-8H,2-4,9-10H2,1H3. The molecule has 0 aliphatic heterocycles. The Labute approximate surface area is 122 Å². The van der Waals surface area contributed by atoms with Crippen molar-refractivity contribution in [2.24, 2.45) is 0 Å². The minimum atomic E-state index is -5.60. The molecule has 1 fully saturated rings. The van der Waals surface area contributed by atoms with E-state index in [0.29, 0.717) is 0 Å². The quantitative estimate of drug-likeness (QED) is 0.620. The van der Waals surface area contributed by atoms with E-state index in [0.717, 1.165) is 31.2 Å². The van der Waals surface area contributed by atoms with Crippen LogP contribution in [0.25, 0.3) is 0 Å². The van der Waals surface area contributed by atoms with Gasteiger partial charge < -0.3 is 4.18 Å². The summed E-state index contributed by atoms with van der Waals surface area (Å²) in [6.45, 7) is 2.12. The molecule has 2 rings (SSSR count). The van der Waals surface area contributed by atoms with E-state index in [-0.39, 0.29) is 11.2 Å². The molecular weight excluding hydrogens is 305 g/mol. The number of rotatable bonds is 3. The van der Waals surface area contributed by atoms with E-state index in [9.17, 15) is 21.6 Å². The lowest BCUT2D eigenvalue weighted by Gasteiger charge is -2.34. The average molecular weight is 322 g/mol. The average Bonchev–Trinajstić information content (AvgIpc) is 2.38. The van der Waals surface area contributed by atoms with Gasteiger partial charge in [-0.1, -0.05) is 38.3 Å². The van der Waals surface area contributed by atoms with Gasteiger partial charge in [0.2, 0.25) is 0 Å². The van der Waals surface area contributed by atoms with E-state index < -0.39 is 15.6 Å². The highest BCUT2D eigenvalue weighted by atomic mass is 32.2. The van der Waals surface area contributed by atoms with Crippen molar-refractivity contribution in [2.45, 2.75) is 50.0 Å². The van der Waals surface area contributed by atoms with Crippen molar-refractivity contribution in [1.82, 2.24) is 0 Å². The fourth-order valence-corrected chi connectivity index (χ4v) is 3.17. The lowest BCUT2D eigenvalue weighted by atomic mass is 9.71. The number of hydrogen-bond acceptors (Lipinski definition) is 3. The van der Waals surface area contributed by atoms with Crippen molar-refractivity contribution in [2.75, 3.05) is 0 Å². The van der Waals surface area contributed by atoms with Crippen molar-refractivity contribution < 1.29 is 25.8 Å². The van der Waals surface area contributed by atoms with Gasteiger partial charge in [-0.05, 0) is 36.0 Å². The normalized spacial score (nSPS) is 19.2. The number of alkyl halides is 3. The van der Waals surface area contributed by atoms with E-state index >= 15 is 0 Å². The van der Waals surface area contributed by atoms with Crippen molar-refractivity contribution in [3.05, 3.63) is 29.8 Å². The van der Waals surface area contributed by atoms with Gasteiger partial charge in [0, 0.05) is 0 Å². The Morgan fingerprint density at radius 3 is 2.05 bits per heavy atom. The summed E-state index contributed by atoms with van der Waals surface area (Å²) in [5.41, 5.74) is -4.42. The van der Waals surface area contributed by atoms with E-state index in [1.165, 1.54) is 18.6 Å². The van der Waals surface area contributed by atoms with Crippen LogP contribution in [0, 0.1) is 0 Å². The smallest absolute Gasteiger partial charge is 0.376 e. The highest BCUT2D eigenvalue weighted by molar-refractivity contribution is 7.87. The first-order valence-electron chi connectivity index (χ1n) is 6.75. The van der Waals surface area contributed by atoms with Crippen LogP contribution in [0.3, 0.4) is 0 Å². The summed E-state index contributed by atoms with van der Waals surface area (Å²) >= 11 is 0. The first-order valence-corrected chi connectivity index (χ1v) is 8.16. The number of hydrogen-bond donors (Lipinski definition) is 0. The third kappa shape index (κ3) is 3.51. The van der Waals surface area contributed by atoms with Gasteiger partial charge in [0.25, 0.3) is 0 Å². The minimum Gasteiger partial charge on any atom is -0.376 e. The van der Waals surface area contributed by atoms with Crippen molar-refractivity contribution in [3.63, 3.8) is 0 Å². The first-order chi connectivity index (χ1) is 9.64. The maximum absolute atomic E-state index is 12.2. The molecule has 0 saturated heterocycles. The molecule has 0 amide bonds. The lowest BCUT2D eigenvalue weighted by molar-refractivity contribution is -0.0500. The van der Waals surface area contributed by atoms with Gasteiger partial charge in [0.05, 0.1) is 0 Å². The zero-order valence-electron chi connectivity index (χ0n) is 11.6. The Balaban J connectivity index is 2.16. The van der Waals surface area contributed by atoms with Gasteiger partial charge in [0.15, 0.2) is 0 Å². The van der Waals surface area contributed by atoms with Crippen molar-refractivity contribution in [1.29, 1.82) is 0 Å². The van der Waals surface area contributed by atoms with Crippen LogP contribution in [-0.2, 0) is 15.5 Å². The molecule has 3 nitrogen and oxygen atoms in total. The summed E-state index contributed by atoms with van der Waals surface area (Å²) in [4.78, 5) is 0. The van der Waals surface area contributed by atoms with Gasteiger partial charge >= 0.3 is 15.6 Å². The van der Waals surface area contributed by atoms with E-state index in [1.54, 1.807) is 12.1 Å². The second-order valence-electron chi connectivity index (χ2n) is 5.63. The highest BCUT2D eigenvalue weighted by Crippen LogP contribution is 2.39. The molecule has 0 spiro atoms. The molecule has 0 aromatic heterocycles. The van der Waals surface area contributed by atoms with Crippen LogP contribution < -0.4 is 4.18 Å². The van der Waals surface area contributed by atoms with Gasteiger partial charge in [-0.2, -0.15) is 21.6 Å². The second-order valence-corrected chi connectivity index (χ2v) is 7.17. The monoisotopic (exact) mass is 322 g/mol. The summed E-state index contributed by atoms with van der Waals surface area (Å²) in [7, 11) is -5.60.